The quantitative estimate of drug-likeness (QED) is 0.919. The number of nitrogens with zero attached hydrogens (tertiary/aromatic N) is 2. The Bertz CT molecular complexity index is 692. The minimum absolute atomic E-state index is 0.213. The summed E-state index contributed by atoms with van der Waals surface area (Å²) in [5, 5.41) is 8.12. The van der Waals surface area contributed by atoms with Gasteiger partial charge in [0, 0.05) is 24.7 Å². The lowest BCUT2D eigenvalue weighted by atomic mass is 9.58. The van der Waals surface area contributed by atoms with Gasteiger partial charge in [-0.1, -0.05) is 6.07 Å². The summed E-state index contributed by atoms with van der Waals surface area (Å²) in [7, 11) is 0. The zero-order chi connectivity index (χ0) is 14.6. The van der Waals surface area contributed by atoms with Crippen molar-refractivity contribution in [1.82, 2.24) is 15.1 Å². The van der Waals surface area contributed by atoms with Crippen molar-refractivity contribution in [2.24, 2.45) is 5.41 Å². The molecule has 1 aromatic carbocycles. The summed E-state index contributed by atoms with van der Waals surface area (Å²) in [5.41, 5.74) is 4.68. The van der Waals surface area contributed by atoms with Crippen LogP contribution in [0.15, 0.2) is 24.3 Å². The molecule has 1 aromatic heterocycles. The molecule has 21 heavy (non-hydrogen) atoms. The van der Waals surface area contributed by atoms with Crippen molar-refractivity contribution in [3.63, 3.8) is 0 Å². The van der Waals surface area contributed by atoms with Crippen molar-refractivity contribution >= 4 is 0 Å². The lowest BCUT2D eigenvalue weighted by Crippen LogP contribution is -2.59. The van der Waals surface area contributed by atoms with Crippen molar-refractivity contribution < 1.29 is 4.39 Å². The molecule has 0 bridgehead atoms. The zero-order valence-electron chi connectivity index (χ0n) is 12.5. The van der Waals surface area contributed by atoms with Gasteiger partial charge in [-0.3, -0.25) is 0 Å². The summed E-state index contributed by atoms with van der Waals surface area (Å²) in [6, 6.07) is 7.03. The maximum absolute atomic E-state index is 13.5. The molecule has 2 fully saturated rings. The minimum atomic E-state index is -0.213. The number of hydrogen-bond donors (Lipinski definition) is 1. The molecule has 0 atom stereocenters. The first-order valence-corrected chi connectivity index (χ1v) is 7.60. The summed E-state index contributed by atoms with van der Waals surface area (Å²) >= 11 is 0. The fourth-order valence-electron chi connectivity index (χ4n) is 3.71. The number of aryl methyl sites for hydroxylation is 2. The minimum Gasteiger partial charge on any atom is -0.316 e. The number of benzene rings is 1. The number of nitrogens with one attached hydrogen (secondary N) is 1. The number of rotatable bonds is 2. The SMILES string of the molecule is Cc1ccc(F)cc1-n1nc(C2CC3(CNC3)C2)cc1C. The van der Waals surface area contributed by atoms with Gasteiger partial charge in [0.05, 0.1) is 11.4 Å². The normalized spacial score (nSPS) is 20.3. The zero-order valence-corrected chi connectivity index (χ0v) is 12.5. The van der Waals surface area contributed by atoms with Crippen LogP contribution < -0.4 is 5.32 Å². The van der Waals surface area contributed by atoms with Crippen molar-refractivity contribution in [3.05, 3.63) is 47.0 Å². The lowest BCUT2D eigenvalue weighted by molar-refractivity contribution is 0.0346. The van der Waals surface area contributed by atoms with Gasteiger partial charge in [0.25, 0.3) is 0 Å². The fourth-order valence-corrected chi connectivity index (χ4v) is 3.71. The molecule has 4 rings (SSSR count). The average Bonchev–Trinajstić information content (AvgIpc) is 2.71. The van der Waals surface area contributed by atoms with Gasteiger partial charge in [-0.05, 0) is 55.9 Å². The maximum Gasteiger partial charge on any atom is 0.125 e. The highest BCUT2D eigenvalue weighted by Gasteiger charge is 2.49. The lowest BCUT2D eigenvalue weighted by Gasteiger charge is -2.54. The Morgan fingerprint density at radius 3 is 2.67 bits per heavy atom. The molecule has 1 aliphatic heterocycles. The van der Waals surface area contributed by atoms with E-state index in [0.29, 0.717) is 11.3 Å². The first-order chi connectivity index (χ1) is 10.1. The summed E-state index contributed by atoms with van der Waals surface area (Å²) in [5.74, 6) is 0.358. The first-order valence-electron chi connectivity index (χ1n) is 7.60. The molecule has 2 aliphatic rings. The molecule has 0 radical (unpaired) electrons. The van der Waals surface area contributed by atoms with Crippen LogP contribution in [0.25, 0.3) is 5.69 Å². The third-order valence-corrected chi connectivity index (χ3v) is 5.08. The molecule has 1 spiro atoms. The van der Waals surface area contributed by atoms with E-state index in [9.17, 15) is 4.39 Å². The fraction of sp³-hybridized carbons (Fsp3) is 0.471. The molecule has 1 saturated heterocycles. The van der Waals surface area contributed by atoms with Crippen molar-refractivity contribution in [2.45, 2.75) is 32.6 Å². The van der Waals surface area contributed by atoms with Crippen LogP contribution in [0.1, 0.15) is 35.7 Å². The van der Waals surface area contributed by atoms with Gasteiger partial charge in [0.1, 0.15) is 5.82 Å². The van der Waals surface area contributed by atoms with Crippen LogP contribution in [0, 0.1) is 25.1 Å². The first kappa shape index (κ1) is 13.0. The third kappa shape index (κ3) is 2.01. The van der Waals surface area contributed by atoms with Gasteiger partial charge in [-0.15, -0.1) is 0 Å². The highest BCUT2D eigenvalue weighted by Crippen LogP contribution is 2.52. The van der Waals surface area contributed by atoms with Gasteiger partial charge in [0.15, 0.2) is 0 Å². The number of halogens is 1. The molecule has 0 unspecified atom stereocenters. The molecule has 2 heterocycles. The monoisotopic (exact) mass is 285 g/mol. The van der Waals surface area contributed by atoms with E-state index in [0.717, 1.165) is 35.7 Å². The highest BCUT2D eigenvalue weighted by atomic mass is 19.1. The van der Waals surface area contributed by atoms with E-state index in [-0.39, 0.29) is 5.82 Å². The average molecular weight is 285 g/mol. The summed E-state index contributed by atoms with van der Waals surface area (Å²) in [4.78, 5) is 0. The van der Waals surface area contributed by atoms with Gasteiger partial charge in [-0.2, -0.15) is 5.10 Å². The van der Waals surface area contributed by atoms with E-state index in [1.807, 2.05) is 24.6 Å². The molecule has 0 amide bonds. The van der Waals surface area contributed by atoms with Gasteiger partial charge >= 0.3 is 0 Å². The van der Waals surface area contributed by atoms with Crippen LogP contribution in [0.4, 0.5) is 4.39 Å². The second kappa shape index (κ2) is 4.41. The highest BCUT2D eigenvalue weighted by molar-refractivity contribution is 5.42. The number of hydrogen-bond acceptors (Lipinski definition) is 2. The number of aromatic nitrogens is 2. The van der Waals surface area contributed by atoms with E-state index in [1.165, 1.54) is 18.9 Å². The Labute approximate surface area is 124 Å². The van der Waals surface area contributed by atoms with Gasteiger partial charge < -0.3 is 5.32 Å². The summed E-state index contributed by atoms with van der Waals surface area (Å²) in [6.07, 6.45) is 2.47. The van der Waals surface area contributed by atoms with Gasteiger partial charge in [0.2, 0.25) is 0 Å². The molecular formula is C17H20FN3. The van der Waals surface area contributed by atoms with E-state index in [4.69, 9.17) is 5.10 Å². The topological polar surface area (TPSA) is 29.9 Å². The Morgan fingerprint density at radius 2 is 2.00 bits per heavy atom. The predicted molar refractivity (Wildman–Crippen MR) is 80.3 cm³/mol. The van der Waals surface area contributed by atoms with E-state index in [1.54, 1.807) is 6.07 Å². The Morgan fingerprint density at radius 1 is 1.24 bits per heavy atom. The summed E-state index contributed by atoms with van der Waals surface area (Å²) in [6.45, 7) is 6.35. The third-order valence-electron chi connectivity index (χ3n) is 5.08. The van der Waals surface area contributed by atoms with E-state index in [2.05, 4.69) is 11.4 Å². The van der Waals surface area contributed by atoms with Crippen molar-refractivity contribution in [2.75, 3.05) is 13.1 Å². The van der Waals surface area contributed by atoms with Crippen LogP contribution in [-0.4, -0.2) is 22.9 Å². The molecular weight excluding hydrogens is 265 g/mol. The molecule has 110 valence electrons. The van der Waals surface area contributed by atoms with Crippen molar-refractivity contribution in [1.29, 1.82) is 0 Å². The smallest absolute Gasteiger partial charge is 0.125 e. The molecule has 1 N–H and O–H groups in total. The van der Waals surface area contributed by atoms with Crippen molar-refractivity contribution in [3.8, 4) is 5.69 Å². The Kier molecular flexibility index (Phi) is 2.73. The van der Waals surface area contributed by atoms with Gasteiger partial charge in [-0.25, -0.2) is 9.07 Å². The van der Waals surface area contributed by atoms with Crippen LogP contribution in [0.2, 0.25) is 0 Å². The molecule has 1 saturated carbocycles. The maximum atomic E-state index is 13.5. The molecule has 3 nitrogen and oxygen atoms in total. The van der Waals surface area contributed by atoms with Crippen LogP contribution in [0.3, 0.4) is 0 Å². The molecule has 4 heteroatoms. The molecule has 2 aromatic rings. The summed E-state index contributed by atoms with van der Waals surface area (Å²) < 4.78 is 15.4. The van der Waals surface area contributed by atoms with Crippen LogP contribution in [-0.2, 0) is 0 Å². The predicted octanol–water partition coefficient (Wildman–Crippen LogP) is 3.10. The largest absolute Gasteiger partial charge is 0.316 e. The Balaban J connectivity index is 1.64. The Hall–Kier alpha value is -1.68. The standard InChI is InChI=1S/C17H20FN3/c1-11-3-4-14(18)6-16(11)21-12(2)5-15(20-21)13-7-17(8-13)9-19-10-17/h3-6,13,19H,7-10H2,1-2H3. The van der Waals surface area contributed by atoms with E-state index >= 15 is 0 Å². The second-order valence-electron chi connectivity index (χ2n) is 6.76. The molecule has 1 aliphatic carbocycles. The van der Waals surface area contributed by atoms with Crippen LogP contribution >= 0.6 is 0 Å². The second-order valence-corrected chi connectivity index (χ2v) is 6.76. The van der Waals surface area contributed by atoms with Crippen LogP contribution in [0.5, 0.6) is 0 Å². The van der Waals surface area contributed by atoms with E-state index < -0.39 is 0 Å².